The number of carbonyl (C=O) groups excluding carboxylic acids is 4. The van der Waals surface area contributed by atoms with Crippen LogP contribution in [-0.4, -0.2) is 91.1 Å². The van der Waals surface area contributed by atoms with Crippen LogP contribution < -0.4 is 63.1 Å². The molecule has 0 bridgehead atoms. The molecule has 0 saturated carbocycles. The number of anilines is 8. The van der Waals surface area contributed by atoms with E-state index in [0.29, 0.717) is 73.1 Å². The lowest BCUT2D eigenvalue weighted by molar-refractivity contribution is 0.0686. The minimum atomic E-state index is -4.15. The van der Waals surface area contributed by atoms with E-state index in [9.17, 15) is 45.6 Å². The highest BCUT2D eigenvalue weighted by Crippen LogP contribution is 2.39. The third-order valence-electron chi connectivity index (χ3n) is 16.8. The topological polar surface area (TPSA) is 400 Å². The highest BCUT2D eigenvalue weighted by atomic mass is 32.2. The van der Waals surface area contributed by atoms with Crippen LogP contribution in [0.2, 0.25) is 0 Å². The SMILES string of the molecule is COc1ccccc1NC(=O)c1c(N)cccc1S(=O)(=O)c1cc(C)cc(C)c1.COc1ccccc1NC(=O)c1c(N)cccc1S(=O)(=O)c1ccc(C(=O)O)cc1.COc1ccccc1NC(=O)c1c(N)cccc1Sc1cc(C)cc(C)c1.COc1ccccc1NC(=O)c1c(N)cccc1Sc1ccc(C(=O)O)cc1. The number of nitrogen functional groups attached to an aromatic ring is 4. The van der Waals surface area contributed by atoms with E-state index in [1.54, 1.807) is 135 Å². The summed E-state index contributed by atoms with van der Waals surface area (Å²) in [5.74, 6) is -2.14. The zero-order valence-corrected chi connectivity index (χ0v) is 66.1. The molecule has 0 aliphatic rings. The van der Waals surface area contributed by atoms with Gasteiger partial charge in [-0.15, -0.1) is 0 Å². The minimum absolute atomic E-state index is 0.0226. The summed E-state index contributed by atoms with van der Waals surface area (Å²) >= 11 is 2.87. The number of aryl methyl sites for hydroxylation is 4. The average molecular weight is 1610 g/mol. The van der Waals surface area contributed by atoms with Gasteiger partial charge in [-0.05, 0) is 220 Å². The van der Waals surface area contributed by atoms with Gasteiger partial charge in [0.05, 0.1) is 104 Å². The van der Waals surface area contributed by atoms with Crippen molar-refractivity contribution in [2.45, 2.75) is 66.9 Å². The molecule has 0 spiro atoms. The second-order valence-corrected chi connectivity index (χ2v) is 31.1. The number of carboxylic acid groups (broad SMARTS) is 2. The first-order valence-electron chi connectivity index (χ1n) is 34.5. The van der Waals surface area contributed by atoms with Crippen LogP contribution in [0.4, 0.5) is 45.5 Å². The third-order valence-corrected chi connectivity index (χ3v) is 22.5. The molecular weight excluding hydrogens is 1530 g/mol. The van der Waals surface area contributed by atoms with Crippen LogP contribution in [0, 0.1) is 27.7 Å². The largest absolute Gasteiger partial charge is 0.495 e. The first-order valence-corrected chi connectivity index (χ1v) is 39.1. The van der Waals surface area contributed by atoms with Crippen LogP contribution in [0.3, 0.4) is 0 Å². The van der Waals surface area contributed by atoms with Crippen molar-refractivity contribution in [1.82, 2.24) is 0 Å². The molecule has 12 rings (SSSR count). The van der Waals surface area contributed by atoms with E-state index in [2.05, 4.69) is 53.3 Å². The molecule has 0 fully saturated rings. The number of methoxy groups -OCH3 is 4. The van der Waals surface area contributed by atoms with Crippen LogP contribution in [0.5, 0.6) is 23.0 Å². The molecular formula is C86H80N8O16S4. The van der Waals surface area contributed by atoms with Crippen molar-refractivity contribution in [2.24, 2.45) is 0 Å². The first-order chi connectivity index (χ1) is 54.4. The van der Waals surface area contributed by atoms with Gasteiger partial charge in [-0.2, -0.15) is 0 Å². The molecule has 0 aliphatic heterocycles. The summed E-state index contributed by atoms with van der Waals surface area (Å²) in [6, 6.07) is 69.7. The van der Waals surface area contributed by atoms with Crippen LogP contribution >= 0.6 is 23.5 Å². The highest BCUT2D eigenvalue weighted by molar-refractivity contribution is 7.99. The number of ether oxygens (including phenoxy) is 4. The van der Waals surface area contributed by atoms with Gasteiger partial charge in [-0.3, -0.25) is 19.2 Å². The zero-order chi connectivity index (χ0) is 82.6. The van der Waals surface area contributed by atoms with Crippen LogP contribution in [0.1, 0.15) is 84.4 Å². The maximum atomic E-state index is 13.3. The Bertz CT molecular complexity index is 5790. The van der Waals surface area contributed by atoms with Crippen molar-refractivity contribution in [2.75, 3.05) is 72.6 Å². The number of amides is 4. The lowest BCUT2D eigenvalue weighted by Gasteiger charge is -2.15. The van der Waals surface area contributed by atoms with Gasteiger partial charge < -0.3 is 73.4 Å². The molecule has 0 aliphatic carbocycles. The predicted octanol–water partition coefficient (Wildman–Crippen LogP) is 16.7. The maximum absolute atomic E-state index is 13.3. The van der Waals surface area contributed by atoms with E-state index in [1.807, 2.05) is 50.2 Å². The fourth-order valence-electron chi connectivity index (χ4n) is 11.5. The Balaban J connectivity index is 0.000000174. The Morgan fingerprint density at radius 1 is 0.316 bits per heavy atom. The van der Waals surface area contributed by atoms with E-state index in [-0.39, 0.29) is 65.0 Å². The molecule has 114 heavy (non-hydrogen) atoms. The zero-order valence-electron chi connectivity index (χ0n) is 62.8. The molecule has 14 N–H and O–H groups in total. The van der Waals surface area contributed by atoms with E-state index < -0.39 is 43.4 Å². The van der Waals surface area contributed by atoms with Gasteiger partial charge in [-0.25, -0.2) is 26.4 Å². The molecule has 0 saturated heterocycles. The number of aromatic carboxylic acids is 2. The van der Waals surface area contributed by atoms with Crippen LogP contribution in [0.15, 0.2) is 294 Å². The molecule has 28 heteroatoms. The highest BCUT2D eigenvalue weighted by Gasteiger charge is 2.30. The molecule has 0 unspecified atom stereocenters. The molecule has 0 aromatic heterocycles. The molecule has 0 heterocycles. The fourth-order valence-corrected chi connectivity index (χ4v) is 16.9. The molecule has 0 radical (unpaired) electrons. The summed E-state index contributed by atoms with van der Waals surface area (Å²) in [5, 5.41) is 29.1. The van der Waals surface area contributed by atoms with Crippen molar-refractivity contribution in [3.63, 3.8) is 0 Å². The number of hydrogen-bond donors (Lipinski definition) is 10. The van der Waals surface area contributed by atoms with Gasteiger partial charge >= 0.3 is 11.9 Å². The van der Waals surface area contributed by atoms with Crippen LogP contribution in [0.25, 0.3) is 0 Å². The van der Waals surface area contributed by atoms with Crippen molar-refractivity contribution >= 4 is 124 Å². The van der Waals surface area contributed by atoms with Gasteiger partial charge in [-0.1, -0.05) is 108 Å². The van der Waals surface area contributed by atoms with Gasteiger partial charge in [0.25, 0.3) is 23.6 Å². The van der Waals surface area contributed by atoms with Crippen molar-refractivity contribution in [1.29, 1.82) is 0 Å². The average Bonchev–Trinajstić information content (AvgIpc) is 0.784. The van der Waals surface area contributed by atoms with Gasteiger partial charge in [0.2, 0.25) is 19.7 Å². The normalized spacial score (nSPS) is 10.7. The van der Waals surface area contributed by atoms with Crippen molar-refractivity contribution in [3.8, 4) is 23.0 Å². The van der Waals surface area contributed by atoms with Crippen molar-refractivity contribution in [3.05, 3.63) is 310 Å². The summed E-state index contributed by atoms with van der Waals surface area (Å²) in [6.07, 6.45) is 0. The third kappa shape index (κ3) is 21.1. The molecule has 12 aromatic rings. The predicted molar refractivity (Wildman–Crippen MR) is 445 cm³/mol. The minimum Gasteiger partial charge on any atom is -0.495 e. The number of carboxylic acids is 2. The number of para-hydroxylation sites is 8. The summed E-state index contributed by atoms with van der Waals surface area (Å²) in [5.41, 5.74) is 31.6. The molecule has 24 nitrogen and oxygen atoms in total. The Kier molecular flexibility index (Phi) is 28.5. The Morgan fingerprint density at radius 3 is 0.930 bits per heavy atom. The first kappa shape index (κ1) is 84.5. The fraction of sp³-hybridized carbons (Fsp3) is 0.0930. The van der Waals surface area contributed by atoms with Crippen LogP contribution in [-0.2, 0) is 19.7 Å². The number of sulfone groups is 2. The van der Waals surface area contributed by atoms with Gasteiger partial charge in [0.15, 0.2) is 0 Å². The second-order valence-electron chi connectivity index (χ2n) is 25.0. The standard InChI is InChI=1S/C22H22N2O4S.C22H22N2O2S.C21H18N2O6S.C21H18N2O4S/c1-14-11-15(2)13-16(12-14)29(26,27)20-10-6-7-17(23)21(20)22(25)24-18-8-4-5-9-19(18)28-3;1-14-11-15(2)13-16(12-14)27-20-10-6-7-17(23)21(20)22(25)24-18-8-4-5-9-19(18)26-3;1-29-17-7-3-2-6-16(17)23-20(24)19-15(22)5-4-8-18(19)30(27,28)14-11-9-13(10-12-14)21(25)26;1-27-17-7-3-2-6-16(17)23-20(24)19-15(22)5-4-8-18(19)28-14-11-9-13(10-12-14)21(25)26/h4-13H,23H2,1-3H3,(H,24,25);4-13H,23H2,1-3H3,(H,24,25);2-12H,22H2,1H3,(H,23,24)(H,25,26);2-12H,22H2,1H3,(H,23,24)(H,25,26). The molecule has 12 aromatic carbocycles. The Morgan fingerprint density at radius 2 is 0.596 bits per heavy atom. The summed E-state index contributed by atoms with van der Waals surface area (Å²) in [4.78, 5) is 76.8. The number of nitrogens with two attached hydrogens (primary N) is 4. The monoisotopic (exact) mass is 1610 g/mol. The number of hydrogen-bond acceptors (Lipinski definition) is 20. The summed E-state index contributed by atoms with van der Waals surface area (Å²) in [6.45, 7) is 7.76. The quantitative estimate of drug-likeness (QED) is 0.0282. The maximum Gasteiger partial charge on any atom is 0.335 e. The second kappa shape index (κ2) is 38.4. The lowest BCUT2D eigenvalue weighted by atomic mass is 10.1. The van der Waals surface area contributed by atoms with E-state index in [4.69, 9.17) is 52.1 Å². The molecule has 0 atom stereocenters. The van der Waals surface area contributed by atoms with Crippen molar-refractivity contribution < 1.29 is 74.8 Å². The van der Waals surface area contributed by atoms with E-state index in [1.165, 1.54) is 129 Å². The Hall–Kier alpha value is -13.5. The van der Waals surface area contributed by atoms with E-state index in [0.717, 1.165) is 25.8 Å². The Labute approximate surface area is 667 Å². The van der Waals surface area contributed by atoms with Gasteiger partial charge in [0.1, 0.15) is 23.0 Å². The number of carbonyl (C=O) groups is 6. The lowest BCUT2D eigenvalue weighted by Crippen LogP contribution is -2.19. The summed E-state index contributed by atoms with van der Waals surface area (Å²) < 4.78 is 74.0. The molecule has 584 valence electrons. The smallest absolute Gasteiger partial charge is 0.335 e. The number of benzene rings is 12. The van der Waals surface area contributed by atoms with Gasteiger partial charge in [0, 0.05) is 42.3 Å². The molecule has 4 amide bonds. The number of nitrogens with one attached hydrogen (secondary N) is 4. The summed E-state index contributed by atoms with van der Waals surface area (Å²) in [7, 11) is -2.08. The van der Waals surface area contributed by atoms with E-state index >= 15 is 0 Å². The number of rotatable bonds is 22.